The minimum Gasteiger partial charge on any atom is -0.295 e. The fourth-order valence-corrected chi connectivity index (χ4v) is 3.95. The number of aromatic nitrogens is 2. The number of halogens is 1. The lowest BCUT2D eigenvalue weighted by molar-refractivity contribution is 0.246. The van der Waals surface area contributed by atoms with E-state index in [1.807, 2.05) is 18.7 Å². The van der Waals surface area contributed by atoms with Gasteiger partial charge in [0.1, 0.15) is 0 Å². The topological polar surface area (TPSA) is 21.1 Å². The summed E-state index contributed by atoms with van der Waals surface area (Å²) >= 11 is 5.71. The van der Waals surface area contributed by atoms with Gasteiger partial charge in [0.2, 0.25) is 0 Å². The van der Waals surface area contributed by atoms with E-state index >= 15 is 0 Å². The van der Waals surface area contributed by atoms with Gasteiger partial charge >= 0.3 is 0 Å². The minimum atomic E-state index is 0.373. The largest absolute Gasteiger partial charge is 0.295 e. The molecule has 0 aliphatic carbocycles. The highest BCUT2D eigenvalue weighted by Crippen LogP contribution is 2.31. The molecule has 1 aromatic heterocycles. The van der Waals surface area contributed by atoms with Crippen LogP contribution in [0.4, 0.5) is 0 Å². The normalized spacial score (nSPS) is 20.8. The zero-order valence-electron chi connectivity index (χ0n) is 11.0. The molecule has 0 atom stereocenters. The van der Waals surface area contributed by atoms with E-state index in [-0.39, 0.29) is 0 Å². The van der Waals surface area contributed by atoms with Crippen LogP contribution in [0.25, 0.3) is 0 Å². The van der Waals surface area contributed by atoms with Crippen LogP contribution in [0.5, 0.6) is 0 Å². The number of nitrogens with zero attached hydrogens (tertiary/aromatic N) is 3. The molecule has 0 amide bonds. The molecule has 96 valence electrons. The van der Waals surface area contributed by atoms with E-state index in [4.69, 9.17) is 0 Å². The van der Waals surface area contributed by atoms with Crippen molar-refractivity contribution in [3.63, 3.8) is 0 Å². The molecule has 1 aliphatic heterocycles. The smallest absolute Gasteiger partial charge is 0.0739 e. The van der Waals surface area contributed by atoms with Gasteiger partial charge in [-0.2, -0.15) is 16.9 Å². The third kappa shape index (κ3) is 3.06. The van der Waals surface area contributed by atoms with E-state index in [0.29, 0.717) is 4.75 Å². The van der Waals surface area contributed by atoms with Crippen LogP contribution in [-0.4, -0.2) is 38.3 Å². The van der Waals surface area contributed by atoms with E-state index in [0.717, 1.165) is 23.3 Å². The zero-order chi connectivity index (χ0) is 12.6. The summed E-state index contributed by atoms with van der Waals surface area (Å²) in [7, 11) is 2.02. The first-order valence-electron chi connectivity index (χ1n) is 5.93. The maximum Gasteiger partial charge on any atom is 0.0739 e. The van der Waals surface area contributed by atoms with Crippen molar-refractivity contribution in [1.82, 2.24) is 14.7 Å². The average molecular weight is 318 g/mol. The van der Waals surface area contributed by atoms with Crippen LogP contribution in [0.15, 0.2) is 4.47 Å². The van der Waals surface area contributed by atoms with Crippen LogP contribution in [0.1, 0.15) is 25.2 Å². The number of rotatable bonds is 2. The monoisotopic (exact) mass is 317 g/mol. The van der Waals surface area contributed by atoms with Crippen molar-refractivity contribution in [2.24, 2.45) is 7.05 Å². The van der Waals surface area contributed by atoms with Crippen molar-refractivity contribution in [1.29, 1.82) is 0 Å². The summed E-state index contributed by atoms with van der Waals surface area (Å²) in [5, 5.41) is 4.45. The highest BCUT2D eigenvalue weighted by Gasteiger charge is 2.28. The highest BCUT2D eigenvalue weighted by molar-refractivity contribution is 9.10. The van der Waals surface area contributed by atoms with Crippen molar-refractivity contribution in [3.8, 4) is 0 Å². The average Bonchev–Trinajstić information content (AvgIpc) is 2.44. The number of aryl methyl sites for hydroxylation is 2. The summed E-state index contributed by atoms with van der Waals surface area (Å²) in [6.45, 7) is 10.0. The molecule has 0 spiro atoms. The van der Waals surface area contributed by atoms with Gasteiger partial charge in [-0.1, -0.05) is 0 Å². The second kappa shape index (κ2) is 4.94. The molecule has 1 fully saturated rings. The van der Waals surface area contributed by atoms with Gasteiger partial charge in [-0.05, 0) is 36.7 Å². The molecule has 3 nitrogen and oxygen atoms in total. The van der Waals surface area contributed by atoms with Crippen molar-refractivity contribution >= 4 is 27.7 Å². The third-order valence-corrected chi connectivity index (χ3v) is 5.47. The first kappa shape index (κ1) is 13.4. The molecule has 1 saturated heterocycles. The van der Waals surface area contributed by atoms with Crippen molar-refractivity contribution in [3.05, 3.63) is 15.9 Å². The summed E-state index contributed by atoms with van der Waals surface area (Å²) in [4.78, 5) is 2.53. The van der Waals surface area contributed by atoms with Crippen molar-refractivity contribution < 1.29 is 0 Å². The molecule has 0 aromatic carbocycles. The van der Waals surface area contributed by atoms with Gasteiger partial charge in [0.05, 0.1) is 15.9 Å². The Kier molecular flexibility index (Phi) is 3.90. The molecule has 0 radical (unpaired) electrons. The molecular formula is C12H20BrN3S. The lowest BCUT2D eigenvalue weighted by Crippen LogP contribution is -2.42. The van der Waals surface area contributed by atoms with Crippen molar-refractivity contribution in [2.75, 3.05) is 18.8 Å². The van der Waals surface area contributed by atoms with Crippen LogP contribution < -0.4 is 0 Å². The van der Waals surface area contributed by atoms with Crippen LogP contribution >= 0.6 is 27.7 Å². The maximum atomic E-state index is 4.45. The van der Waals surface area contributed by atoms with Crippen LogP contribution in [0.2, 0.25) is 0 Å². The van der Waals surface area contributed by atoms with Crippen molar-refractivity contribution in [2.45, 2.75) is 32.1 Å². The Morgan fingerprint density at radius 3 is 2.71 bits per heavy atom. The molecule has 17 heavy (non-hydrogen) atoms. The second-order valence-corrected chi connectivity index (χ2v) is 7.88. The summed E-state index contributed by atoms with van der Waals surface area (Å²) in [5.74, 6) is 1.22. The molecule has 1 aliphatic rings. The van der Waals surface area contributed by atoms with Crippen LogP contribution in [0, 0.1) is 6.92 Å². The highest BCUT2D eigenvalue weighted by atomic mass is 79.9. The first-order valence-corrected chi connectivity index (χ1v) is 7.71. The van der Waals surface area contributed by atoms with E-state index < -0.39 is 0 Å². The molecule has 2 rings (SSSR count). The van der Waals surface area contributed by atoms with Gasteiger partial charge in [-0.15, -0.1) is 0 Å². The standard InChI is InChI=1S/C12H20BrN3S/c1-9-11(13)10(15(4)14-9)7-16-5-6-17-12(2,3)8-16/h5-8H2,1-4H3. The Balaban J connectivity index is 2.10. The van der Waals surface area contributed by atoms with Gasteiger partial charge < -0.3 is 0 Å². The maximum absolute atomic E-state index is 4.45. The lowest BCUT2D eigenvalue weighted by Gasteiger charge is -2.37. The molecular weight excluding hydrogens is 298 g/mol. The summed E-state index contributed by atoms with van der Waals surface area (Å²) in [6.07, 6.45) is 0. The van der Waals surface area contributed by atoms with Gasteiger partial charge in [0.15, 0.2) is 0 Å². The number of thioether (sulfide) groups is 1. The summed E-state index contributed by atoms with van der Waals surface area (Å²) in [6, 6.07) is 0. The van der Waals surface area contributed by atoms with E-state index in [9.17, 15) is 0 Å². The number of hydrogen-bond acceptors (Lipinski definition) is 3. The zero-order valence-corrected chi connectivity index (χ0v) is 13.4. The Hall–Kier alpha value is -0.000000000000000111. The Labute approximate surface area is 116 Å². The fraction of sp³-hybridized carbons (Fsp3) is 0.750. The summed E-state index contributed by atoms with van der Waals surface area (Å²) < 4.78 is 3.53. The molecule has 1 aromatic rings. The first-order chi connectivity index (χ1) is 7.89. The molecule has 5 heteroatoms. The fourth-order valence-electron chi connectivity index (χ4n) is 2.31. The van der Waals surface area contributed by atoms with Gasteiger partial charge in [0.25, 0.3) is 0 Å². The lowest BCUT2D eigenvalue weighted by atomic mass is 10.2. The van der Waals surface area contributed by atoms with E-state index in [2.05, 4.69) is 51.5 Å². The Morgan fingerprint density at radius 2 is 2.18 bits per heavy atom. The predicted octanol–water partition coefficient (Wildman–Crippen LogP) is 2.82. The summed E-state index contributed by atoms with van der Waals surface area (Å²) in [5.41, 5.74) is 2.36. The predicted molar refractivity (Wildman–Crippen MR) is 77.5 cm³/mol. The molecule has 0 bridgehead atoms. The Morgan fingerprint density at radius 1 is 1.47 bits per heavy atom. The second-order valence-electron chi connectivity index (χ2n) is 5.29. The van der Waals surface area contributed by atoms with E-state index in [1.54, 1.807) is 0 Å². The third-order valence-electron chi connectivity index (χ3n) is 3.14. The minimum absolute atomic E-state index is 0.373. The SMILES string of the molecule is Cc1nn(C)c(CN2CCSC(C)(C)C2)c1Br. The van der Waals surface area contributed by atoms with Gasteiger partial charge in [-0.3, -0.25) is 9.58 Å². The molecule has 0 saturated carbocycles. The van der Waals surface area contributed by atoms with Crippen LogP contribution in [-0.2, 0) is 13.6 Å². The van der Waals surface area contributed by atoms with Crippen LogP contribution in [0.3, 0.4) is 0 Å². The van der Waals surface area contributed by atoms with Gasteiger partial charge in [0, 0.05) is 37.2 Å². The van der Waals surface area contributed by atoms with E-state index in [1.165, 1.54) is 18.0 Å². The molecule has 0 N–H and O–H groups in total. The number of hydrogen-bond donors (Lipinski definition) is 0. The quantitative estimate of drug-likeness (QED) is 0.837. The molecule has 2 heterocycles. The molecule has 0 unspecified atom stereocenters. The van der Waals surface area contributed by atoms with Gasteiger partial charge in [-0.25, -0.2) is 0 Å². The Bertz CT molecular complexity index is 414.